The maximum atomic E-state index is 12.4. The number of amides is 1. The number of carboxylic acids is 1. The van der Waals surface area contributed by atoms with Crippen molar-refractivity contribution < 1.29 is 19.4 Å². The summed E-state index contributed by atoms with van der Waals surface area (Å²) < 4.78 is 6.28. The molecule has 3 rings (SSSR count). The van der Waals surface area contributed by atoms with Crippen LogP contribution in [0.4, 0.5) is 5.00 Å². The minimum atomic E-state index is -1.09. The summed E-state index contributed by atoms with van der Waals surface area (Å²) in [7, 11) is 0. The van der Waals surface area contributed by atoms with Crippen LogP contribution in [0.2, 0.25) is 0 Å². The second kappa shape index (κ2) is 8.37. The zero-order chi connectivity index (χ0) is 19.4. The molecule has 0 aliphatic carbocycles. The molecule has 7 heteroatoms. The summed E-state index contributed by atoms with van der Waals surface area (Å²) in [5, 5.41) is 14.4. The number of benzene rings is 2. The lowest BCUT2D eigenvalue weighted by molar-refractivity contribution is 0.0699. The molecule has 0 spiro atoms. The van der Waals surface area contributed by atoms with Gasteiger partial charge in [-0.3, -0.25) is 4.79 Å². The van der Waals surface area contributed by atoms with Gasteiger partial charge < -0.3 is 15.2 Å². The molecule has 0 saturated heterocycles. The summed E-state index contributed by atoms with van der Waals surface area (Å²) in [4.78, 5) is 24.3. The number of aromatic carboxylic acids is 1. The standard InChI is InChI=1S/C20H16BrNO4S/c1-2-26-15-9-5-12(6-10-15)16-11-27-19(17(16)20(24)25)22-18(23)13-3-7-14(21)8-4-13/h3-11H,2H2,1H3,(H,22,23)(H,24,25). The Balaban J connectivity index is 1.90. The Morgan fingerprint density at radius 1 is 1.11 bits per heavy atom. The number of thiophene rings is 1. The van der Waals surface area contributed by atoms with Crippen LogP contribution in [-0.2, 0) is 0 Å². The number of rotatable bonds is 6. The van der Waals surface area contributed by atoms with Crippen molar-refractivity contribution in [3.05, 3.63) is 69.5 Å². The lowest BCUT2D eigenvalue weighted by atomic mass is 10.0. The van der Waals surface area contributed by atoms with Crippen LogP contribution in [0.25, 0.3) is 11.1 Å². The first kappa shape index (κ1) is 19.1. The molecule has 0 aliphatic rings. The molecule has 1 aromatic heterocycles. The molecule has 0 bridgehead atoms. The van der Waals surface area contributed by atoms with Crippen LogP contribution in [0.5, 0.6) is 5.75 Å². The molecule has 0 unspecified atom stereocenters. The van der Waals surface area contributed by atoms with Crippen molar-refractivity contribution in [2.24, 2.45) is 0 Å². The van der Waals surface area contributed by atoms with Gasteiger partial charge in [-0.15, -0.1) is 11.3 Å². The first-order chi connectivity index (χ1) is 13.0. The van der Waals surface area contributed by atoms with Gasteiger partial charge in [0.1, 0.15) is 16.3 Å². The molecule has 0 saturated carbocycles. The molecular weight excluding hydrogens is 430 g/mol. The summed E-state index contributed by atoms with van der Waals surface area (Å²) in [5.41, 5.74) is 1.83. The van der Waals surface area contributed by atoms with Crippen molar-refractivity contribution in [2.45, 2.75) is 6.92 Å². The highest BCUT2D eigenvalue weighted by Gasteiger charge is 2.21. The van der Waals surface area contributed by atoms with E-state index in [0.29, 0.717) is 22.7 Å². The van der Waals surface area contributed by atoms with Crippen LogP contribution in [-0.4, -0.2) is 23.6 Å². The van der Waals surface area contributed by atoms with Gasteiger partial charge in [0, 0.05) is 21.0 Å². The van der Waals surface area contributed by atoms with Gasteiger partial charge in [-0.1, -0.05) is 28.1 Å². The van der Waals surface area contributed by atoms with Crippen LogP contribution >= 0.6 is 27.3 Å². The second-order valence-electron chi connectivity index (χ2n) is 5.58. The number of anilines is 1. The van der Waals surface area contributed by atoms with Gasteiger partial charge in [-0.05, 0) is 48.9 Å². The highest BCUT2D eigenvalue weighted by atomic mass is 79.9. The number of carbonyl (C=O) groups is 2. The molecule has 1 amide bonds. The van der Waals surface area contributed by atoms with E-state index in [-0.39, 0.29) is 11.5 Å². The van der Waals surface area contributed by atoms with Gasteiger partial charge in [0.15, 0.2) is 0 Å². The zero-order valence-corrected chi connectivity index (χ0v) is 16.8. The Hall–Kier alpha value is -2.64. The SMILES string of the molecule is CCOc1ccc(-c2csc(NC(=O)c3ccc(Br)cc3)c2C(=O)O)cc1. The fraction of sp³-hybridized carbons (Fsp3) is 0.100. The van der Waals surface area contributed by atoms with Crippen molar-refractivity contribution in [3.8, 4) is 16.9 Å². The number of carbonyl (C=O) groups excluding carboxylic acids is 1. The molecule has 138 valence electrons. The molecule has 0 radical (unpaired) electrons. The van der Waals surface area contributed by atoms with Crippen LogP contribution < -0.4 is 10.1 Å². The fourth-order valence-corrected chi connectivity index (χ4v) is 3.77. The topological polar surface area (TPSA) is 75.6 Å². The largest absolute Gasteiger partial charge is 0.494 e. The van der Waals surface area contributed by atoms with E-state index in [0.717, 1.165) is 15.8 Å². The quantitative estimate of drug-likeness (QED) is 0.523. The third kappa shape index (κ3) is 4.37. The highest BCUT2D eigenvalue weighted by Crippen LogP contribution is 2.36. The fourth-order valence-electron chi connectivity index (χ4n) is 2.55. The minimum Gasteiger partial charge on any atom is -0.494 e. The molecule has 0 fully saturated rings. The van der Waals surface area contributed by atoms with Gasteiger partial charge in [0.05, 0.1) is 6.61 Å². The molecule has 5 nitrogen and oxygen atoms in total. The van der Waals surface area contributed by atoms with Crippen molar-refractivity contribution in [2.75, 3.05) is 11.9 Å². The van der Waals surface area contributed by atoms with Crippen LogP contribution in [0.15, 0.2) is 58.4 Å². The smallest absolute Gasteiger partial charge is 0.339 e. The number of halogens is 1. The van der Waals surface area contributed by atoms with Crippen LogP contribution in [0.3, 0.4) is 0 Å². The van der Waals surface area contributed by atoms with E-state index < -0.39 is 5.97 Å². The molecule has 2 aromatic carbocycles. The summed E-state index contributed by atoms with van der Waals surface area (Å²) in [6.07, 6.45) is 0. The predicted molar refractivity (Wildman–Crippen MR) is 110 cm³/mol. The average Bonchev–Trinajstić information content (AvgIpc) is 3.07. The van der Waals surface area contributed by atoms with Gasteiger partial charge in [-0.2, -0.15) is 0 Å². The Kier molecular flexibility index (Phi) is 5.93. The first-order valence-electron chi connectivity index (χ1n) is 8.14. The summed E-state index contributed by atoms with van der Waals surface area (Å²) >= 11 is 4.51. The van der Waals surface area contributed by atoms with E-state index in [1.165, 1.54) is 11.3 Å². The lowest BCUT2D eigenvalue weighted by Gasteiger charge is -2.07. The van der Waals surface area contributed by atoms with Crippen molar-refractivity contribution >= 4 is 44.1 Å². The molecule has 2 N–H and O–H groups in total. The van der Waals surface area contributed by atoms with Crippen molar-refractivity contribution in [1.29, 1.82) is 0 Å². The average molecular weight is 446 g/mol. The van der Waals surface area contributed by atoms with Gasteiger partial charge in [-0.25, -0.2) is 4.79 Å². The van der Waals surface area contributed by atoms with Crippen molar-refractivity contribution in [1.82, 2.24) is 0 Å². The first-order valence-corrected chi connectivity index (χ1v) is 9.81. The van der Waals surface area contributed by atoms with E-state index in [1.807, 2.05) is 6.92 Å². The van der Waals surface area contributed by atoms with Crippen LogP contribution in [0.1, 0.15) is 27.6 Å². The van der Waals surface area contributed by atoms with E-state index in [2.05, 4.69) is 21.2 Å². The third-order valence-electron chi connectivity index (χ3n) is 3.81. The Labute approximate surface area is 168 Å². The van der Waals surface area contributed by atoms with Gasteiger partial charge in [0.2, 0.25) is 0 Å². The molecular formula is C20H16BrNO4S. The molecule has 1 heterocycles. The van der Waals surface area contributed by atoms with Gasteiger partial charge >= 0.3 is 5.97 Å². The van der Waals surface area contributed by atoms with E-state index >= 15 is 0 Å². The van der Waals surface area contributed by atoms with E-state index in [4.69, 9.17) is 4.74 Å². The molecule has 0 atom stereocenters. The third-order valence-corrected chi connectivity index (χ3v) is 5.24. The monoisotopic (exact) mass is 445 g/mol. The molecule has 0 aliphatic heterocycles. The van der Waals surface area contributed by atoms with Crippen LogP contribution in [0, 0.1) is 0 Å². The molecule has 27 heavy (non-hydrogen) atoms. The van der Waals surface area contributed by atoms with Crippen molar-refractivity contribution in [3.63, 3.8) is 0 Å². The zero-order valence-electron chi connectivity index (χ0n) is 14.4. The predicted octanol–water partition coefficient (Wildman–Crippen LogP) is 5.53. The maximum Gasteiger partial charge on any atom is 0.339 e. The lowest BCUT2D eigenvalue weighted by Crippen LogP contribution is -2.13. The number of hydrogen-bond donors (Lipinski definition) is 2. The van der Waals surface area contributed by atoms with E-state index in [9.17, 15) is 14.7 Å². The highest BCUT2D eigenvalue weighted by molar-refractivity contribution is 9.10. The summed E-state index contributed by atoms with van der Waals surface area (Å²) in [5.74, 6) is -0.728. The van der Waals surface area contributed by atoms with E-state index in [1.54, 1.807) is 53.9 Å². The number of hydrogen-bond acceptors (Lipinski definition) is 4. The second-order valence-corrected chi connectivity index (χ2v) is 7.37. The minimum absolute atomic E-state index is 0.0784. The summed E-state index contributed by atoms with van der Waals surface area (Å²) in [6.45, 7) is 2.46. The normalized spacial score (nSPS) is 10.4. The van der Waals surface area contributed by atoms with Gasteiger partial charge in [0.25, 0.3) is 5.91 Å². The summed E-state index contributed by atoms with van der Waals surface area (Å²) in [6, 6.07) is 14.0. The Morgan fingerprint density at radius 3 is 2.37 bits per heavy atom. The molecule has 3 aromatic rings. The maximum absolute atomic E-state index is 12.4. The number of nitrogens with one attached hydrogen (secondary N) is 1. The Bertz CT molecular complexity index is 965. The number of carboxylic acid groups (broad SMARTS) is 1. The number of ether oxygens (including phenoxy) is 1. The Morgan fingerprint density at radius 2 is 1.78 bits per heavy atom.